The van der Waals surface area contributed by atoms with E-state index in [1.54, 1.807) is 43.8 Å². The minimum absolute atomic E-state index is 0.155. The van der Waals surface area contributed by atoms with Crippen LogP contribution in [0, 0.1) is 6.92 Å². The van der Waals surface area contributed by atoms with E-state index in [1.807, 2.05) is 13.0 Å². The Bertz CT molecular complexity index is 878. The van der Waals surface area contributed by atoms with Gasteiger partial charge in [-0.3, -0.25) is 9.97 Å². The van der Waals surface area contributed by atoms with Crippen LogP contribution in [0.5, 0.6) is 0 Å². The number of cyclic esters (lactones) is 1. The Morgan fingerprint density at radius 3 is 2.64 bits per heavy atom. The highest BCUT2D eigenvalue weighted by Crippen LogP contribution is 2.47. The molecule has 0 saturated heterocycles. The van der Waals surface area contributed by atoms with Crippen molar-refractivity contribution in [3.05, 3.63) is 59.2 Å². The summed E-state index contributed by atoms with van der Waals surface area (Å²) in [6, 6.07) is 5.33. The van der Waals surface area contributed by atoms with Gasteiger partial charge >= 0.3 is 5.97 Å². The van der Waals surface area contributed by atoms with Gasteiger partial charge in [0, 0.05) is 46.9 Å². The number of aliphatic hydroxyl groups is 2. The van der Waals surface area contributed by atoms with E-state index in [9.17, 15) is 15.0 Å². The Morgan fingerprint density at radius 2 is 1.96 bits per heavy atom. The number of nitrogens with zero attached hydrogens (tertiary/aromatic N) is 2. The van der Waals surface area contributed by atoms with E-state index in [0.29, 0.717) is 0 Å². The number of aryl methyl sites for hydroxylation is 1. The Hall–Kier alpha value is -2.07. The summed E-state index contributed by atoms with van der Waals surface area (Å²) in [6.07, 6.45) is 5.17. The van der Waals surface area contributed by atoms with Gasteiger partial charge in [0.1, 0.15) is 0 Å². The number of pyridine rings is 2. The van der Waals surface area contributed by atoms with Gasteiger partial charge in [0.05, 0.1) is 4.91 Å². The van der Waals surface area contributed by atoms with E-state index in [1.165, 1.54) is 11.8 Å². The molecule has 3 rings (SSSR count). The number of thioether (sulfide) groups is 2. The van der Waals surface area contributed by atoms with Crippen LogP contribution in [0.4, 0.5) is 0 Å². The number of hydrogen-bond donors (Lipinski definition) is 2. The predicted octanol–water partition coefficient (Wildman–Crippen LogP) is 3.09. The highest BCUT2D eigenvalue weighted by molar-refractivity contribution is 8.03. The van der Waals surface area contributed by atoms with Crippen LogP contribution in [0.15, 0.2) is 63.4 Å². The number of aliphatic hydroxyl groups excluding tert-OH is 2. The average molecular weight is 421 g/mol. The van der Waals surface area contributed by atoms with Crippen LogP contribution < -0.4 is 0 Å². The van der Waals surface area contributed by atoms with Crippen molar-refractivity contribution in [3.63, 3.8) is 0 Å². The number of ether oxygens (including phenoxy) is 2. The molecule has 3 heterocycles. The van der Waals surface area contributed by atoms with Crippen LogP contribution >= 0.6 is 23.5 Å². The third kappa shape index (κ3) is 4.17. The quantitative estimate of drug-likeness (QED) is 0.379. The van der Waals surface area contributed by atoms with E-state index < -0.39 is 23.6 Å². The summed E-state index contributed by atoms with van der Waals surface area (Å²) in [7, 11) is 0. The van der Waals surface area contributed by atoms with Gasteiger partial charge in [-0.25, -0.2) is 4.79 Å². The summed E-state index contributed by atoms with van der Waals surface area (Å²) < 4.78 is 10.9. The van der Waals surface area contributed by atoms with Gasteiger partial charge in [-0.05, 0) is 37.6 Å². The Morgan fingerprint density at radius 1 is 1.25 bits per heavy atom. The number of esters is 1. The average Bonchev–Trinajstić information content (AvgIpc) is 2.94. The molecule has 2 aromatic heterocycles. The lowest BCUT2D eigenvalue weighted by Gasteiger charge is -2.34. The Kier molecular flexibility index (Phi) is 6.61. The molecule has 0 bridgehead atoms. The summed E-state index contributed by atoms with van der Waals surface area (Å²) in [4.78, 5) is 22.2. The predicted molar refractivity (Wildman–Crippen MR) is 106 cm³/mol. The molecule has 0 amide bonds. The van der Waals surface area contributed by atoms with Crippen LogP contribution in [0.2, 0.25) is 0 Å². The molecule has 148 valence electrons. The maximum absolute atomic E-state index is 12.2. The van der Waals surface area contributed by atoms with Crippen molar-refractivity contribution in [2.75, 3.05) is 12.4 Å². The molecule has 0 aliphatic carbocycles. The standard InChI is InChI=1S/C19H20N2O5S2/c1-3-25-18(24)19(11-27-14-6-9-21-10-12(14)2)16(15(22)17(23)26-19)28-13-4-7-20-8-5-13/h4-10,18,22,24H,3,11H2,1-2H3. The van der Waals surface area contributed by atoms with Crippen LogP contribution in [0.3, 0.4) is 0 Å². The molecule has 2 N–H and O–H groups in total. The number of carbonyl (C=O) groups excluding carboxylic acids is 1. The maximum atomic E-state index is 12.2. The zero-order valence-electron chi connectivity index (χ0n) is 15.4. The molecule has 0 radical (unpaired) electrons. The second-order valence-corrected chi connectivity index (χ2v) is 8.08. The first-order valence-electron chi connectivity index (χ1n) is 8.56. The minimum Gasteiger partial charge on any atom is -0.501 e. The van der Waals surface area contributed by atoms with Crippen molar-refractivity contribution in [3.8, 4) is 0 Å². The molecule has 0 fully saturated rings. The largest absolute Gasteiger partial charge is 0.501 e. The topological polar surface area (TPSA) is 102 Å². The van der Waals surface area contributed by atoms with Crippen LogP contribution in [0.1, 0.15) is 12.5 Å². The molecular formula is C19H20N2O5S2. The lowest BCUT2D eigenvalue weighted by atomic mass is 10.1. The van der Waals surface area contributed by atoms with E-state index in [2.05, 4.69) is 9.97 Å². The fourth-order valence-electron chi connectivity index (χ4n) is 2.64. The molecule has 0 saturated carbocycles. The van der Waals surface area contributed by atoms with Crippen LogP contribution in [0.25, 0.3) is 0 Å². The van der Waals surface area contributed by atoms with Gasteiger partial charge in [0.25, 0.3) is 0 Å². The number of carbonyl (C=O) groups is 1. The third-order valence-corrected chi connectivity index (χ3v) is 6.66. The summed E-state index contributed by atoms with van der Waals surface area (Å²) in [5.74, 6) is -1.25. The monoisotopic (exact) mass is 420 g/mol. The number of aromatic nitrogens is 2. The fourth-order valence-corrected chi connectivity index (χ4v) is 4.95. The first kappa shape index (κ1) is 20.7. The molecule has 2 atom stereocenters. The molecule has 2 aromatic rings. The van der Waals surface area contributed by atoms with Crippen molar-refractivity contribution in [2.45, 2.75) is 35.5 Å². The normalized spacial score (nSPS) is 20.3. The van der Waals surface area contributed by atoms with Crippen molar-refractivity contribution in [2.24, 2.45) is 0 Å². The molecule has 2 unspecified atom stereocenters. The summed E-state index contributed by atoms with van der Waals surface area (Å²) in [6.45, 7) is 3.86. The van der Waals surface area contributed by atoms with Crippen molar-refractivity contribution in [1.82, 2.24) is 9.97 Å². The minimum atomic E-state index is -1.54. The smallest absolute Gasteiger partial charge is 0.375 e. The summed E-state index contributed by atoms with van der Waals surface area (Å²) >= 11 is 2.53. The molecule has 0 spiro atoms. The number of rotatable bonds is 8. The van der Waals surface area contributed by atoms with Gasteiger partial charge in [-0.2, -0.15) is 0 Å². The van der Waals surface area contributed by atoms with Gasteiger partial charge in [0.2, 0.25) is 17.7 Å². The van der Waals surface area contributed by atoms with Gasteiger partial charge in [-0.15, -0.1) is 11.8 Å². The molecule has 1 aliphatic heterocycles. The van der Waals surface area contributed by atoms with Gasteiger partial charge in [-0.1, -0.05) is 11.8 Å². The molecule has 1 aliphatic rings. The summed E-state index contributed by atoms with van der Waals surface area (Å²) in [5.41, 5.74) is -0.583. The lowest BCUT2D eigenvalue weighted by Crippen LogP contribution is -2.48. The van der Waals surface area contributed by atoms with E-state index in [0.717, 1.165) is 27.1 Å². The maximum Gasteiger partial charge on any atom is 0.375 e. The first-order chi connectivity index (χ1) is 13.5. The van der Waals surface area contributed by atoms with E-state index in [-0.39, 0.29) is 17.3 Å². The molecule has 9 heteroatoms. The van der Waals surface area contributed by atoms with E-state index >= 15 is 0 Å². The van der Waals surface area contributed by atoms with E-state index in [4.69, 9.17) is 9.47 Å². The van der Waals surface area contributed by atoms with Gasteiger partial charge < -0.3 is 19.7 Å². The number of hydrogen-bond acceptors (Lipinski definition) is 9. The highest BCUT2D eigenvalue weighted by atomic mass is 32.2. The molecule has 7 nitrogen and oxygen atoms in total. The van der Waals surface area contributed by atoms with Gasteiger partial charge in [0.15, 0.2) is 0 Å². The van der Waals surface area contributed by atoms with Crippen LogP contribution in [-0.2, 0) is 14.3 Å². The molecular weight excluding hydrogens is 400 g/mol. The Labute approximate surface area is 171 Å². The van der Waals surface area contributed by atoms with Crippen LogP contribution in [-0.4, -0.2) is 50.4 Å². The van der Waals surface area contributed by atoms with Crippen molar-refractivity contribution in [1.29, 1.82) is 0 Å². The second-order valence-electron chi connectivity index (χ2n) is 5.98. The highest BCUT2D eigenvalue weighted by Gasteiger charge is 2.54. The zero-order chi connectivity index (χ0) is 20.1. The molecule has 0 aromatic carbocycles. The lowest BCUT2D eigenvalue weighted by molar-refractivity contribution is -0.200. The van der Waals surface area contributed by atoms with Crippen molar-refractivity contribution >= 4 is 29.5 Å². The second kappa shape index (κ2) is 8.95. The molecule has 28 heavy (non-hydrogen) atoms. The third-order valence-electron chi connectivity index (χ3n) is 4.07. The Balaban J connectivity index is 1.97. The fraction of sp³-hybridized carbons (Fsp3) is 0.316. The zero-order valence-corrected chi connectivity index (χ0v) is 17.0. The SMILES string of the molecule is CCOC(O)C1(CSc2ccncc2C)OC(=O)C(O)=C1Sc1ccncc1. The summed E-state index contributed by atoms with van der Waals surface area (Å²) in [5, 5.41) is 21.1. The first-order valence-corrected chi connectivity index (χ1v) is 10.4. The van der Waals surface area contributed by atoms with Crippen molar-refractivity contribution < 1.29 is 24.5 Å².